The minimum absolute atomic E-state index is 0.0738. The highest BCUT2D eigenvalue weighted by Crippen LogP contribution is 2.69. The molecule has 8 nitrogen and oxygen atoms in total. The predicted molar refractivity (Wildman–Crippen MR) is 113 cm³/mol. The largest absolute Gasteiger partial charge is 0.469 e. The molecule has 0 heterocycles. The highest BCUT2D eigenvalue weighted by Gasteiger charge is 2.69. The summed E-state index contributed by atoms with van der Waals surface area (Å²) >= 11 is 0. The number of aliphatic hydroxyl groups is 1. The fraction of sp³-hybridized carbons (Fsp3) is 0.818. The van der Waals surface area contributed by atoms with Gasteiger partial charge in [0.2, 0.25) is 0 Å². The molecule has 3 saturated carbocycles. The molecular formula is C22H35O8P. The summed E-state index contributed by atoms with van der Waals surface area (Å²) in [6.45, 7) is 10.9. The molecule has 3 rings (SSSR count). The SMILES string of the molecule is C=C[C@]1(C)C[C@@H](OC(=O)CO)[C@]2(C)[C@H](C)CC[C@]3(CCC(=O)[C@@H]32)[C@@H](C)[C@@H]1OP(=O)(O)O. The quantitative estimate of drug-likeness (QED) is 0.326. The summed E-state index contributed by atoms with van der Waals surface area (Å²) in [5, 5.41) is 9.35. The van der Waals surface area contributed by atoms with Crippen LogP contribution in [0.1, 0.15) is 59.8 Å². The van der Waals surface area contributed by atoms with E-state index < -0.39 is 54.8 Å². The van der Waals surface area contributed by atoms with Crippen molar-refractivity contribution >= 4 is 19.6 Å². The van der Waals surface area contributed by atoms with Crippen molar-refractivity contribution in [2.24, 2.45) is 34.0 Å². The Morgan fingerprint density at radius 3 is 2.48 bits per heavy atom. The maximum Gasteiger partial charge on any atom is 0.469 e. The monoisotopic (exact) mass is 458 g/mol. The van der Waals surface area contributed by atoms with Gasteiger partial charge in [0.05, 0.1) is 6.10 Å². The van der Waals surface area contributed by atoms with Gasteiger partial charge in [0.1, 0.15) is 18.5 Å². The first-order valence-electron chi connectivity index (χ1n) is 11.0. The van der Waals surface area contributed by atoms with E-state index in [0.29, 0.717) is 12.8 Å². The molecule has 0 aliphatic heterocycles. The summed E-state index contributed by atoms with van der Waals surface area (Å²) in [6, 6.07) is 0. The molecule has 0 aromatic carbocycles. The molecule has 0 amide bonds. The fourth-order valence-corrected chi connectivity index (χ4v) is 7.75. The second kappa shape index (κ2) is 8.07. The minimum Gasteiger partial charge on any atom is -0.460 e. The summed E-state index contributed by atoms with van der Waals surface area (Å²) in [5.41, 5.74) is -2.14. The van der Waals surface area contributed by atoms with Gasteiger partial charge in [-0.1, -0.05) is 33.8 Å². The van der Waals surface area contributed by atoms with Crippen LogP contribution in [0.3, 0.4) is 0 Å². The summed E-state index contributed by atoms with van der Waals surface area (Å²) in [4.78, 5) is 44.9. The average molecular weight is 458 g/mol. The molecule has 0 aromatic rings. The van der Waals surface area contributed by atoms with Crippen molar-refractivity contribution < 1.29 is 38.3 Å². The van der Waals surface area contributed by atoms with E-state index in [1.807, 2.05) is 13.8 Å². The summed E-state index contributed by atoms with van der Waals surface area (Å²) < 4.78 is 23.1. The zero-order chi connectivity index (χ0) is 23.4. The smallest absolute Gasteiger partial charge is 0.460 e. The summed E-state index contributed by atoms with van der Waals surface area (Å²) in [6.07, 6.45) is 2.64. The molecule has 3 fully saturated rings. The Morgan fingerprint density at radius 1 is 1.29 bits per heavy atom. The van der Waals surface area contributed by atoms with Crippen LogP contribution in [-0.4, -0.2) is 45.5 Å². The molecule has 0 unspecified atom stereocenters. The Kier molecular flexibility index (Phi) is 6.40. The second-order valence-corrected chi connectivity index (χ2v) is 11.5. The molecule has 0 radical (unpaired) electrons. The van der Waals surface area contributed by atoms with Crippen LogP contribution in [0, 0.1) is 34.0 Å². The van der Waals surface area contributed by atoms with Crippen molar-refractivity contribution in [3.05, 3.63) is 12.7 Å². The van der Waals surface area contributed by atoms with Crippen LogP contribution < -0.4 is 0 Å². The van der Waals surface area contributed by atoms with E-state index in [-0.39, 0.29) is 24.0 Å². The van der Waals surface area contributed by atoms with Crippen LogP contribution in [0.25, 0.3) is 0 Å². The predicted octanol–water partition coefficient (Wildman–Crippen LogP) is 3.00. The van der Waals surface area contributed by atoms with Crippen molar-refractivity contribution in [1.82, 2.24) is 0 Å². The maximum absolute atomic E-state index is 13.3. The lowest BCUT2D eigenvalue weighted by atomic mass is 9.44. The van der Waals surface area contributed by atoms with Crippen molar-refractivity contribution in [3.8, 4) is 0 Å². The third-order valence-corrected chi connectivity index (χ3v) is 9.41. The first-order chi connectivity index (χ1) is 14.2. The van der Waals surface area contributed by atoms with Gasteiger partial charge >= 0.3 is 13.8 Å². The molecule has 3 aliphatic rings. The molecule has 31 heavy (non-hydrogen) atoms. The van der Waals surface area contributed by atoms with Crippen molar-refractivity contribution in [3.63, 3.8) is 0 Å². The van der Waals surface area contributed by atoms with Crippen LogP contribution in [0.4, 0.5) is 0 Å². The van der Waals surface area contributed by atoms with Crippen LogP contribution in [0.2, 0.25) is 0 Å². The van der Waals surface area contributed by atoms with Gasteiger partial charge < -0.3 is 19.6 Å². The van der Waals surface area contributed by atoms with E-state index in [4.69, 9.17) is 9.26 Å². The third kappa shape index (κ3) is 3.84. The Balaban J connectivity index is 2.25. The lowest BCUT2D eigenvalue weighted by Crippen LogP contribution is -2.63. The first-order valence-corrected chi connectivity index (χ1v) is 12.5. The van der Waals surface area contributed by atoms with Gasteiger partial charge in [-0.2, -0.15) is 0 Å². The van der Waals surface area contributed by atoms with Gasteiger partial charge in [0, 0.05) is 23.2 Å². The zero-order valence-electron chi connectivity index (χ0n) is 18.7. The number of rotatable bonds is 5. The molecule has 0 spiro atoms. The van der Waals surface area contributed by atoms with E-state index >= 15 is 0 Å². The topological polar surface area (TPSA) is 130 Å². The lowest BCUT2D eigenvalue weighted by Gasteiger charge is -2.62. The number of carbonyl (C=O) groups is 2. The van der Waals surface area contributed by atoms with Crippen molar-refractivity contribution in [2.75, 3.05) is 6.61 Å². The fourth-order valence-electron chi connectivity index (χ4n) is 7.03. The van der Waals surface area contributed by atoms with E-state index in [9.17, 15) is 29.0 Å². The second-order valence-electron chi connectivity index (χ2n) is 10.3. The van der Waals surface area contributed by atoms with E-state index in [0.717, 1.165) is 12.8 Å². The number of ether oxygens (including phenoxy) is 1. The number of aliphatic hydroxyl groups excluding tert-OH is 1. The normalized spacial score (nSPS) is 45.4. The van der Waals surface area contributed by atoms with Gasteiger partial charge in [0.25, 0.3) is 0 Å². The van der Waals surface area contributed by atoms with Crippen LogP contribution in [0.5, 0.6) is 0 Å². The molecule has 2 bridgehead atoms. The van der Waals surface area contributed by atoms with Crippen LogP contribution >= 0.6 is 7.82 Å². The number of phosphoric ester groups is 1. The number of esters is 1. The molecule has 9 heteroatoms. The standard InChI is InChI=1S/C22H35O8P/c1-6-20(4)11-16(29-17(25)12-23)21(5)13(2)7-9-22(10-8-15(24)18(21)22)14(3)19(20)30-31(26,27)28/h6,13-14,16,18-19,23H,1,7-12H2,2-5H3,(H2,26,27,28)/t13-,14+,16-,18-,19+,20-,21+,22+/m1/s1. The highest BCUT2D eigenvalue weighted by atomic mass is 31.2. The maximum atomic E-state index is 13.3. The van der Waals surface area contributed by atoms with E-state index in [1.54, 1.807) is 13.0 Å². The molecule has 8 atom stereocenters. The van der Waals surface area contributed by atoms with E-state index in [1.165, 1.54) is 0 Å². The zero-order valence-corrected chi connectivity index (χ0v) is 19.6. The van der Waals surface area contributed by atoms with Gasteiger partial charge in [0.15, 0.2) is 0 Å². The van der Waals surface area contributed by atoms with Crippen LogP contribution in [-0.2, 0) is 23.4 Å². The molecular weight excluding hydrogens is 423 g/mol. The molecule has 0 aromatic heterocycles. The first kappa shape index (κ1) is 24.6. The van der Waals surface area contributed by atoms with Crippen molar-refractivity contribution in [1.29, 1.82) is 0 Å². The number of hydrogen-bond acceptors (Lipinski definition) is 6. The Labute approximate surface area is 183 Å². The summed E-state index contributed by atoms with van der Waals surface area (Å²) in [5.74, 6) is -1.37. The number of carbonyl (C=O) groups excluding carboxylic acids is 2. The third-order valence-electron chi connectivity index (χ3n) is 8.91. The van der Waals surface area contributed by atoms with E-state index in [2.05, 4.69) is 13.5 Å². The van der Waals surface area contributed by atoms with Gasteiger partial charge in [-0.25, -0.2) is 9.36 Å². The van der Waals surface area contributed by atoms with Gasteiger partial charge in [-0.15, -0.1) is 6.58 Å². The number of phosphoric acid groups is 1. The number of hydrogen-bond donors (Lipinski definition) is 3. The molecule has 0 saturated heterocycles. The minimum atomic E-state index is -4.85. The average Bonchev–Trinajstić information content (AvgIpc) is 3.05. The molecule has 3 aliphatic carbocycles. The Morgan fingerprint density at radius 2 is 1.94 bits per heavy atom. The molecule has 176 valence electrons. The molecule has 3 N–H and O–H groups in total. The number of ketones is 1. The summed E-state index contributed by atoms with van der Waals surface area (Å²) in [7, 11) is -4.85. The Hall–Kier alpha value is -1.05. The van der Waals surface area contributed by atoms with Gasteiger partial charge in [-0.3, -0.25) is 9.32 Å². The van der Waals surface area contributed by atoms with Gasteiger partial charge in [-0.05, 0) is 42.9 Å². The lowest BCUT2D eigenvalue weighted by molar-refractivity contribution is -0.206. The highest BCUT2D eigenvalue weighted by molar-refractivity contribution is 7.46. The number of Topliss-reactive ketones (excluding diaryl/α,β-unsaturated/α-hetero) is 1. The van der Waals surface area contributed by atoms with Crippen molar-refractivity contribution in [2.45, 2.75) is 72.0 Å². The van der Waals surface area contributed by atoms with Crippen LogP contribution in [0.15, 0.2) is 12.7 Å². The Bertz CT molecular complexity index is 807.